The summed E-state index contributed by atoms with van der Waals surface area (Å²) in [6, 6.07) is 7.60. The van der Waals surface area contributed by atoms with Crippen LogP contribution in [0.5, 0.6) is 5.88 Å². The summed E-state index contributed by atoms with van der Waals surface area (Å²) in [7, 11) is -2.70. The molecule has 0 saturated carbocycles. The Bertz CT molecular complexity index is 1320. The van der Waals surface area contributed by atoms with E-state index in [2.05, 4.69) is 19.9 Å². The van der Waals surface area contributed by atoms with Crippen molar-refractivity contribution < 1.29 is 17.9 Å². The number of pyridine rings is 1. The van der Waals surface area contributed by atoms with Crippen LogP contribution < -0.4 is 19.7 Å². The first-order valence-electron chi connectivity index (χ1n) is 10.4. The van der Waals surface area contributed by atoms with E-state index in [9.17, 15) is 13.2 Å². The van der Waals surface area contributed by atoms with Gasteiger partial charge in [-0.15, -0.1) is 11.3 Å². The van der Waals surface area contributed by atoms with E-state index in [0.717, 1.165) is 31.5 Å². The van der Waals surface area contributed by atoms with Crippen molar-refractivity contribution in [3.63, 3.8) is 0 Å². The number of ether oxygens (including phenoxy) is 1. The smallest absolute Gasteiger partial charge is 0.267 e. The van der Waals surface area contributed by atoms with Gasteiger partial charge in [-0.3, -0.25) is 9.52 Å². The fraction of sp³-hybridized carbons (Fsp3) is 0.273. The average Bonchev–Trinajstić information content (AvgIpc) is 3.29. The number of fused-ring (bicyclic) bond motifs is 2. The molecular formula is C22H21ClN4O4S2. The Hall–Kier alpha value is -2.82. The van der Waals surface area contributed by atoms with Crippen LogP contribution in [0.2, 0.25) is 5.02 Å². The van der Waals surface area contributed by atoms with Crippen LogP contribution in [-0.2, 0) is 10.0 Å². The Morgan fingerprint density at radius 3 is 2.64 bits per heavy atom. The summed E-state index contributed by atoms with van der Waals surface area (Å²) in [5.74, 6) is 0.0419. The second-order valence-corrected chi connectivity index (χ2v) is 10.9. The Balaban J connectivity index is 1.42. The number of methoxy groups -OCH3 is 1. The van der Waals surface area contributed by atoms with Crippen molar-refractivity contribution in [1.29, 1.82) is 0 Å². The number of nitrogens with one attached hydrogen (secondary N) is 2. The maximum Gasteiger partial charge on any atom is 0.267 e. The molecule has 2 N–H and O–H groups in total. The standard InChI is InChI=1S/C22H21ClN4O4S2/c1-31-21-18(33(29,30)26-15-4-2-14(23)3-5-15)10-16(11-24-21)25-20(28)17-12-32-22-19(17)13-6-8-27(22)9-7-13/h2-5,10-13,26H,6-9H2,1H3,(H,25,28). The quantitative estimate of drug-likeness (QED) is 0.510. The second kappa shape index (κ2) is 8.51. The first-order valence-corrected chi connectivity index (χ1v) is 13.1. The Morgan fingerprint density at radius 1 is 1.21 bits per heavy atom. The van der Waals surface area contributed by atoms with Crippen molar-refractivity contribution in [2.75, 3.05) is 35.1 Å². The van der Waals surface area contributed by atoms with E-state index in [1.807, 2.05) is 5.38 Å². The number of hydrogen-bond acceptors (Lipinski definition) is 7. The fourth-order valence-electron chi connectivity index (χ4n) is 4.32. The number of sulfonamides is 1. The SMILES string of the molecule is COc1ncc(NC(=O)c2csc3c2C2CCN3CC2)cc1S(=O)(=O)Nc1ccc(Cl)cc1. The van der Waals surface area contributed by atoms with E-state index < -0.39 is 10.0 Å². The van der Waals surface area contributed by atoms with Gasteiger partial charge < -0.3 is 15.0 Å². The summed E-state index contributed by atoms with van der Waals surface area (Å²) in [5.41, 5.74) is 2.35. The van der Waals surface area contributed by atoms with Gasteiger partial charge in [0.2, 0.25) is 5.88 Å². The van der Waals surface area contributed by atoms with Crippen LogP contribution in [-0.4, -0.2) is 39.5 Å². The Kier molecular flexibility index (Phi) is 5.67. The van der Waals surface area contributed by atoms with Gasteiger partial charge in [-0.05, 0) is 49.1 Å². The van der Waals surface area contributed by atoms with Gasteiger partial charge in [0.25, 0.3) is 15.9 Å². The van der Waals surface area contributed by atoms with Crippen LogP contribution in [0.15, 0.2) is 46.8 Å². The predicted molar refractivity (Wildman–Crippen MR) is 130 cm³/mol. The molecule has 1 amide bonds. The highest BCUT2D eigenvalue weighted by molar-refractivity contribution is 7.92. The van der Waals surface area contributed by atoms with Crippen molar-refractivity contribution >= 4 is 55.2 Å². The lowest BCUT2D eigenvalue weighted by Crippen LogP contribution is -2.38. The van der Waals surface area contributed by atoms with Crippen LogP contribution in [0.3, 0.4) is 0 Å². The van der Waals surface area contributed by atoms with E-state index in [4.69, 9.17) is 16.3 Å². The maximum atomic E-state index is 13.1. The van der Waals surface area contributed by atoms with Gasteiger partial charge in [-0.2, -0.15) is 0 Å². The minimum absolute atomic E-state index is 0.0764. The van der Waals surface area contributed by atoms with E-state index in [1.54, 1.807) is 35.6 Å². The number of carbonyl (C=O) groups is 1. The van der Waals surface area contributed by atoms with E-state index in [-0.39, 0.29) is 22.4 Å². The number of amides is 1. The molecule has 11 heteroatoms. The lowest BCUT2D eigenvalue weighted by molar-refractivity contribution is 0.102. The van der Waals surface area contributed by atoms with Gasteiger partial charge in [0.1, 0.15) is 0 Å². The predicted octanol–water partition coefficient (Wildman–Crippen LogP) is 4.56. The molecule has 2 bridgehead atoms. The third-order valence-corrected chi connectivity index (χ3v) is 8.58. The highest BCUT2D eigenvalue weighted by Crippen LogP contribution is 2.47. The van der Waals surface area contributed by atoms with Crippen molar-refractivity contribution in [2.45, 2.75) is 23.7 Å². The molecular weight excluding hydrogens is 484 g/mol. The van der Waals surface area contributed by atoms with Crippen molar-refractivity contribution in [3.8, 4) is 5.88 Å². The number of nitrogens with zero attached hydrogens (tertiary/aromatic N) is 2. The van der Waals surface area contributed by atoms with E-state index in [0.29, 0.717) is 22.2 Å². The maximum absolute atomic E-state index is 13.1. The molecule has 8 nitrogen and oxygen atoms in total. The molecule has 1 fully saturated rings. The number of thiophene rings is 1. The first kappa shape index (κ1) is 22.0. The van der Waals surface area contributed by atoms with Crippen LogP contribution in [0, 0.1) is 0 Å². The average molecular weight is 505 g/mol. The molecule has 1 saturated heterocycles. The van der Waals surface area contributed by atoms with Crippen molar-refractivity contribution in [2.24, 2.45) is 0 Å². The molecule has 2 aromatic heterocycles. The molecule has 0 spiro atoms. The molecule has 0 aliphatic carbocycles. The van der Waals surface area contributed by atoms with Gasteiger partial charge in [0.05, 0.1) is 29.6 Å². The van der Waals surface area contributed by atoms with Crippen LogP contribution in [0.25, 0.3) is 0 Å². The molecule has 33 heavy (non-hydrogen) atoms. The zero-order valence-corrected chi connectivity index (χ0v) is 20.1. The van der Waals surface area contributed by atoms with Gasteiger partial charge in [-0.1, -0.05) is 11.6 Å². The lowest BCUT2D eigenvalue weighted by atomic mass is 9.84. The minimum atomic E-state index is -4.04. The highest BCUT2D eigenvalue weighted by atomic mass is 35.5. The zero-order valence-electron chi connectivity index (χ0n) is 17.7. The molecule has 0 radical (unpaired) electrons. The number of piperidine rings is 1. The van der Waals surface area contributed by atoms with Gasteiger partial charge in [-0.25, -0.2) is 13.4 Å². The van der Waals surface area contributed by atoms with E-state index in [1.165, 1.54) is 24.4 Å². The minimum Gasteiger partial charge on any atom is -0.480 e. The largest absolute Gasteiger partial charge is 0.480 e. The fourth-order valence-corrected chi connectivity index (χ4v) is 6.85. The molecule has 172 valence electrons. The summed E-state index contributed by atoms with van der Waals surface area (Å²) >= 11 is 7.46. The highest BCUT2D eigenvalue weighted by Gasteiger charge is 2.35. The van der Waals surface area contributed by atoms with Crippen molar-refractivity contribution in [3.05, 3.63) is 58.1 Å². The molecule has 0 atom stereocenters. The number of aromatic nitrogens is 1. The summed E-state index contributed by atoms with van der Waals surface area (Å²) in [4.78, 5) is 19.3. The van der Waals surface area contributed by atoms with Gasteiger partial charge in [0, 0.05) is 34.7 Å². The van der Waals surface area contributed by atoms with Crippen LogP contribution >= 0.6 is 22.9 Å². The Labute approximate surface area is 200 Å². The van der Waals surface area contributed by atoms with Crippen molar-refractivity contribution in [1.82, 2.24) is 4.98 Å². The lowest BCUT2D eigenvalue weighted by Gasteiger charge is -2.40. The van der Waals surface area contributed by atoms with Gasteiger partial charge in [0.15, 0.2) is 4.90 Å². The first-order chi connectivity index (χ1) is 15.9. The third kappa shape index (κ3) is 4.14. The van der Waals surface area contributed by atoms with Crippen LogP contribution in [0.4, 0.5) is 16.4 Å². The van der Waals surface area contributed by atoms with Gasteiger partial charge >= 0.3 is 0 Å². The number of anilines is 3. The molecule has 3 aliphatic rings. The molecule has 1 aromatic carbocycles. The number of hydrogen-bond donors (Lipinski definition) is 2. The molecule has 6 rings (SSSR count). The number of rotatable bonds is 6. The molecule has 3 aromatic rings. The molecule has 5 heterocycles. The molecule has 0 unspecified atom stereocenters. The summed E-state index contributed by atoms with van der Waals surface area (Å²) in [6.45, 7) is 2.06. The topological polar surface area (TPSA) is 101 Å². The molecule has 3 aliphatic heterocycles. The number of carbonyl (C=O) groups excluding carboxylic acids is 1. The number of halogens is 1. The monoisotopic (exact) mass is 504 g/mol. The van der Waals surface area contributed by atoms with Crippen LogP contribution in [0.1, 0.15) is 34.7 Å². The normalized spacial score (nSPS) is 15.3. The third-order valence-electron chi connectivity index (χ3n) is 5.90. The zero-order chi connectivity index (χ0) is 23.2. The summed E-state index contributed by atoms with van der Waals surface area (Å²) < 4.78 is 33.7. The summed E-state index contributed by atoms with van der Waals surface area (Å²) in [6.07, 6.45) is 3.48. The number of benzene rings is 1. The summed E-state index contributed by atoms with van der Waals surface area (Å²) in [5, 5.41) is 6.35. The Morgan fingerprint density at radius 2 is 1.94 bits per heavy atom. The van der Waals surface area contributed by atoms with E-state index >= 15 is 0 Å². The second-order valence-electron chi connectivity index (χ2n) is 7.93.